The first-order valence-electron chi connectivity index (χ1n) is 6.10. The zero-order valence-electron chi connectivity index (χ0n) is 10.7. The number of nitrogens with one attached hydrogen (secondary N) is 1. The van der Waals surface area contributed by atoms with Crippen molar-refractivity contribution >= 4 is 28.7 Å². The molecule has 7 nitrogen and oxygen atoms in total. The third kappa shape index (κ3) is 1.87. The number of carbonyl (C=O) groups excluding carboxylic acids is 2. The third-order valence-corrected chi connectivity index (χ3v) is 3.38. The smallest absolute Gasteiger partial charge is 0.417 e. The van der Waals surface area contributed by atoms with Crippen LogP contribution in [0, 0.1) is 5.92 Å². The van der Waals surface area contributed by atoms with Gasteiger partial charge in [-0.25, -0.2) is 4.79 Å². The van der Waals surface area contributed by atoms with Crippen molar-refractivity contribution in [2.45, 2.75) is 6.42 Å². The predicted octanol–water partition coefficient (Wildman–Crippen LogP) is 0.647. The van der Waals surface area contributed by atoms with Crippen LogP contribution in [0.4, 0.5) is 5.69 Å². The van der Waals surface area contributed by atoms with Crippen LogP contribution in [0.5, 0.6) is 0 Å². The topological polar surface area (TPSA) is 92.6 Å². The lowest BCUT2D eigenvalue weighted by molar-refractivity contribution is -0.145. The lowest BCUT2D eigenvalue weighted by Crippen LogP contribution is -2.26. The molecule has 0 spiro atoms. The summed E-state index contributed by atoms with van der Waals surface area (Å²) in [5.41, 5.74) is 1.32. The van der Waals surface area contributed by atoms with E-state index in [-0.39, 0.29) is 18.9 Å². The number of esters is 1. The van der Waals surface area contributed by atoms with E-state index in [1.807, 2.05) is 0 Å². The summed E-state index contributed by atoms with van der Waals surface area (Å²) >= 11 is 0. The van der Waals surface area contributed by atoms with E-state index < -0.39 is 17.6 Å². The van der Waals surface area contributed by atoms with Crippen molar-refractivity contribution < 1.29 is 18.7 Å². The first-order valence-corrected chi connectivity index (χ1v) is 6.10. The molecule has 1 N–H and O–H groups in total. The highest BCUT2D eigenvalue weighted by Crippen LogP contribution is 2.30. The molecule has 1 aliphatic rings. The van der Waals surface area contributed by atoms with Crippen molar-refractivity contribution in [2.75, 3.05) is 18.6 Å². The van der Waals surface area contributed by atoms with E-state index in [1.54, 1.807) is 18.2 Å². The highest BCUT2D eigenvalue weighted by molar-refractivity contribution is 6.04. The van der Waals surface area contributed by atoms with Crippen molar-refractivity contribution in [1.82, 2.24) is 4.98 Å². The molecule has 1 amide bonds. The highest BCUT2D eigenvalue weighted by atomic mass is 16.5. The summed E-state index contributed by atoms with van der Waals surface area (Å²) in [6, 6.07) is 5.07. The number of fused-ring (bicyclic) bond motifs is 1. The largest absolute Gasteiger partial charge is 0.469 e. The number of amides is 1. The molecule has 0 aliphatic carbocycles. The normalized spacial score (nSPS) is 18.8. The summed E-state index contributed by atoms with van der Waals surface area (Å²) in [5.74, 6) is -1.68. The fourth-order valence-electron chi connectivity index (χ4n) is 2.44. The zero-order chi connectivity index (χ0) is 14.3. The summed E-state index contributed by atoms with van der Waals surface area (Å²) in [7, 11) is 1.29. The van der Waals surface area contributed by atoms with Crippen LogP contribution in [-0.4, -0.2) is 30.5 Å². The lowest BCUT2D eigenvalue weighted by atomic mass is 10.1. The maximum atomic E-state index is 12.0. The Morgan fingerprint density at radius 1 is 1.45 bits per heavy atom. The molecule has 1 aliphatic heterocycles. The van der Waals surface area contributed by atoms with E-state index in [0.29, 0.717) is 16.8 Å². The first kappa shape index (κ1) is 12.5. The minimum atomic E-state index is -0.580. The number of oxazole rings is 1. The summed E-state index contributed by atoms with van der Waals surface area (Å²) < 4.78 is 9.72. The van der Waals surface area contributed by atoms with Gasteiger partial charge in [-0.15, -0.1) is 0 Å². The number of rotatable bonds is 2. The fourth-order valence-corrected chi connectivity index (χ4v) is 2.44. The number of ether oxygens (including phenoxy) is 1. The van der Waals surface area contributed by atoms with Crippen molar-refractivity contribution in [3.05, 3.63) is 28.7 Å². The molecule has 2 heterocycles. The van der Waals surface area contributed by atoms with E-state index in [2.05, 4.69) is 9.72 Å². The van der Waals surface area contributed by atoms with E-state index >= 15 is 0 Å². The molecule has 2 aromatic rings. The van der Waals surface area contributed by atoms with Gasteiger partial charge < -0.3 is 14.1 Å². The van der Waals surface area contributed by atoms with Crippen LogP contribution in [0.15, 0.2) is 27.4 Å². The Morgan fingerprint density at radius 2 is 2.25 bits per heavy atom. The van der Waals surface area contributed by atoms with Gasteiger partial charge >= 0.3 is 11.7 Å². The zero-order valence-corrected chi connectivity index (χ0v) is 10.7. The monoisotopic (exact) mass is 276 g/mol. The molecule has 0 saturated carbocycles. The van der Waals surface area contributed by atoms with Crippen LogP contribution in [0.2, 0.25) is 0 Å². The molecule has 1 aromatic heterocycles. The van der Waals surface area contributed by atoms with Gasteiger partial charge in [0.1, 0.15) is 0 Å². The van der Waals surface area contributed by atoms with Crippen molar-refractivity contribution in [1.29, 1.82) is 0 Å². The maximum absolute atomic E-state index is 12.0. The molecule has 0 bridgehead atoms. The first-order chi connectivity index (χ1) is 9.60. The van der Waals surface area contributed by atoms with Crippen molar-refractivity contribution in [3.8, 4) is 0 Å². The second-order valence-electron chi connectivity index (χ2n) is 4.60. The van der Waals surface area contributed by atoms with Crippen LogP contribution in [-0.2, 0) is 14.3 Å². The van der Waals surface area contributed by atoms with Gasteiger partial charge in [0.2, 0.25) is 5.91 Å². The van der Waals surface area contributed by atoms with Gasteiger partial charge in [0.25, 0.3) is 0 Å². The number of hydrogen-bond acceptors (Lipinski definition) is 5. The number of H-pyrrole nitrogens is 1. The lowest BCUT2D eigenvalue weighted by Gasteiger charge is -2.16. The van der Waals surface area contributed by atoms with Crippen molar-refractivity contribution in [2.24, 2.45) is 5.92 Å². The predicted molar refractivity (Wildman–Crippen MR) is 69.3 cm³/mol. The second kappa shape index (κ2) is 4.52. The van der Waals surface area contributed by atoms with Gasteiger partial charge in [0.15, 0.2) is 5.58 Å². The van der Waals surface area contributed by atoms with Crippen LogP contribution in [0.1, 0.15) is 6.42 Å². The Labute approximate surface area is 113 Å². The van der Waals surface area contributed by atoms with Crippen molar-refractivity contribution in [3.63, 3.8) is 0 Å². The molecule has 1 fully saturated rings. The number of anilines is 1. The number of nitrogens with zero attached hydrogens (tertiary/aromatic N) is 1. The number of methoxy groups -OCH3 is 1. The van der Waals surface area contributed by atoms with E-state index in [4.69, 9.17) is 4.42 Å². The molecular formula is C13H12N2O5. The molecule has 7 heteroatoms. The highest BCUT2D eigenvalue weighted by Gasteiger charge is 2.36. The Hall–Kier alpha value is -2.57. The number of aromatic amines is 1. The summed E-state index contributed by atoms with van der Waals surface area (Å²) in [4.78, 5) is 38.8. The number of aromatic nitrogens is 1. The van der Waals surface area contributed by atoms with Gasteiger partial charge in [0.05, 0.1) is 24.2 Å². The fraction of sp³-hybridized carbons (Fsp3) is 0.308. The Bertz CT molecular complexity index is 745. The number of carbonyl (C=O) groups is 2. The van der Waals surface area contributed by atoms with Gasteiger partial charge in [0, 0.05) is 13.0 Å². The maximum Gasteiger partial charge on any atom is 0.417 e. The Morgan fingerprint density at radius 3 is 3.00 bits per heavy atom. The average Bonchev–Trinajstić information content (AvgIpc) is 2.99. The van der Waals surface area contributed by atoms with Gasteiger partial charge in [-0.2, -0.15) is 0 Å². The average molecular weight is 276 g/mol. The van der Waals surface area contributed by atoms with Crippen LogP contribution >= 0.6 is 0 Å². The van der Waals surface area contributed by atoms with Crippen LogP contribution < -0.4 is 10.7 Å². The molecule has 1 saturated heterocycles. The summed E-state index contributed by atoms with van der Waals surface area (Å²) in [5, 5.41) is 0. The molecular weight excluding hydrogens is 264 g/mol. The molecule has 3 rings (SSSR count). The third-order valence-electron chi connectivity index (χ3n) is 3.38. The van der Waals surface area contributed by atoms with E-state index in [9.17, 15) is 14.4 Å². The van der Waals surface area contributed by atoms with Crippen LogP contribution in [0.3, 0.4) is 0 Å². The molecule has 104 valence electrons. The Kier molecular flexibility index (Phi) is 2.81. The SMILES string of the molecule is COC(=O)C1CC(=O)N(c2cccc3[nH]c(=O)oc23)C1. The standard InChI is InChI=1S/C13H12N2O5/c1-19-12(17)7-5-10(16)15(6-7)9-4-2-3-8-11(9)20-13(18)14-8/h2-4,7H,5-6H2,1H3,(H,14,18). The molecule has 0 radical (unpaired) electrons. The Balaban J connectivity index is 2.01. The summed E-state index contributed by atoms with van der Waals surface area (Å²) in [6.07, 6.45) is 0.0950. The minimum absolute atomic E-state index is 0.0950. The van der Waals surface area contributed by atoms with E-state index in [0.717, 1.165) is 0 Å². The number of para-hydroxylation sites is 1. The van der Waals surface area contributed by atoms with E-state index in [1.165, 1.54) is 12.0 Å². The van der Waals surface area contributed by atoms with Crippen LogP contribution in [0.25, 0.3) is 11.1 Å². The molecule has 1 unspecified atom stereocenters. The van der Waals surface area contributed by atoms with Gasteiger partial charge in [-0.3, -0.25) is 14.6 Å². The second-order valence-corrected chi connectivity index (χ2v) is 4.60. The minimum Gasteiger partial charge on any atom is -0.469 e. The quantitative estimate of drug-likeness (QED) is 0.813. The number of benzene rings is 1. The molecule has 1 aromatic carbocycles. The molecule has 20 heavy (non-hydrogen) atoms. The number of hydrogen-bond donors (Lipinski definition) is 1. The van der Waals surface area contributed by atoms with Gasteiger partial charge in [-0.1, -0.05) is 6.07 Å². The van der Waals surface area contributed by atoms with Gasteiger partial charge in [-0.05, 0) is 12.1 Å². The summed E-state index contributed by atoms with van der Waals surface area (Å²) in [6.45, 7) is 0.222. The molecule has 1 atom stereocenters.